The zero-order valence-electron chi connectivity index (χ0n) is 29.5. The van der Waals surface area contributed by atoms with Crippen LogP contribution >= 0.6 is 0 Å². The Labute approximate surface area is 313 Å². The van der Waals surface area contributed by atoms with Gasteiger partial charge in [0.05, 0.1) is 22.1 Å². The molecule has 0 aliphatic carbocycles. The summed E-state index contributed by atoms with van der Waals surface area (Å²) in [6.45, 7) is 0. The van der Waals surface area contributed by atoms with Crippen molar-refractivity contribution in [1.29, 1.82) is 0 Å². The SMILES string of the molecule is c1ccc(-c2cccc(-n3c4ccc(-c5ccc6ccccc6c5)cc4c4ccc(-c5ccc6c(c5)c5ccccc5n6-c5ccccc5)cc43)c2)cc1. The molecule has 9 aromatic carbocycles. The molecule has 252 valence electrons. The number of hydrogen-bond donors (Lipinski definition) is 0. The van der Waals surface area contributed by atoms with Crippen molar-refractivity contribution in [1.82, 2.24) is 9.13 Å². The highest BCUT2D eigenvalue weighted by molar-refractivity contribution is 6.13. The van der Waals surface area contributed by atoms with Gasteiger partial charge in [-0.3, -0.25) is 0 Å². The Bertz CT molecular complexity index is 3200. The summed E-state index contributed by atoms with van der Waals surface area (Å²) in [7, 11) is 0. The molecular formula is C52H34N2. The topological polar surface area (TPSA) is 9.86 Å². The molecule has 11 aromatic rings. The summed E-state index contributed by atoms with van der Waals surface area (Å²) in [4.78, 5) is 0. The highest BCUT2D eigenvalue weighted by Crippen LogP contribution is 2.40. The van der Waals surface area contributed by atoms with E-state index in [1.165, 1.54) is 93.5 Å². The molecule has 0 unspecified atom stereocenters. The van der Waals surface area contributed by atoms with Crippen LogP contribution in [0.1, 0.15) is 0 Å². The van der Waals surface area contributed by atoms with Gasteiger partial charge in [0.25, 0.3) is 0 Å². The monoisotopic (exact) mass is 686 g/mol. The fourth-order valence-corrected chi connectivity index (χ4v) is 8.49. The summed E-state index contributed by atoms with van der Waals surface area (Å²) in [5.74, 6) is 0. The summed E-state index contributed by atoms with van der Waals surface area (Å²) < 4.78 is 4.83. The molecule has 0 saturated carbocycles. The van der Waals surface area contributed by atoms with Crippen LogP contribution < -0.4 is 0 Å². The molecule has 0 bridgehead atoms. The fourth-order valence-electron chi connectivity index (χ4n) is 8.49. The molecule has 0 fully saturated rings. The summed E-state index contributed by atoms with van der Waals surface area (Å²) in [5.41, 5.74) is 14.4. The molecule has 0 aliphatic rings. The number of nitrogens with zero attached hydrogens (tertiary/aromatic N) is 2. The summed E-state index contributed by atoms with van der Waals surface area (Å²) in [6.07, 6.45) is 0. The van der Waals surface area contributed by atoms with Crippen LogP contribution in [0, 0.1) is 0 Å². The molecule has 0 N–H and O–H groups in total. The number of hydrogen-bond acceptors (Lipinski definition) is 0. The molecule has 0 atom stereocenters. The van der Waals surface area contributed by atoms with E-state index in [1.807, 2.05) is 0 Å². The lowest BCUT2D eigenvalue weighted by atomic mass is 9.98. The lowest BCUT2D eigenvalue weighted by Crippen LogP contribution is -1.95. The first-order chi connectivity index (χ1) is 26.8. The maximum atomic E-state index is 2.45. The highest BCUT2D eigenvalue weighted by Gasteiger charge is 2.17. The number of fused-ring (bicyclic) bond motifs is 7. The third-order valence-electron chi connectivity index (χ3n) is 11.1. The Hall–Kier alpha value is -7.16. The molecule has 54 heavy (non-hydrogen) atoms. The van der Waals surface area contributed by atoms with Crippen LogP contribution in [0.3, 0.4) is 0 Å². The highest BCUT2D eigenvalue weighted by atomic mass is 15.0. The zero-order chi connectivity index (χ0) is 35.6. The quantitative estimate of drug-likeness (QED) is 0.171. The van der Waals surface area contributed by atoms with Gasteiger partial charge in [0.2, 0.25) is 0 Å². The molecule has 0 amide bonds. The molecule has 0 spiro atoms. The normalized spacial score (nSPS) is 11.7. The maximum absolute atomic E-state index is 2.45. The van der Waals surface area contributed by atoms with Crippen molar-refractivity contribution >= 4 is 54.4 Å². The second kappa shape index (κ2) is 12.2. The first-order valence-electron chi connectivity index (χ1n) is 18.6. The van der Waals surface area contributed by atoms with Crippen molar-refractivity contribution in [3.63, 3.8) is 0 Å². The second-order valence-corrected chi connectivity index (χ2v) is 14.2. The minimum absolute atomic E-state index is 1.15. The minimum atomic E-state index is 1.15. The van der Waals surface area contributed by atoms with E-state index in [0.717, 1.165) is 5.69 Å². The molecule has 2 heteroatoms. The largest absolute Gasteiger partial charge is 0.309 e. The van der Waals surface area contributed by atoms with Crippen LogP contribution in [0.25, 0.3) is 99.1 Å². The van der Waals surface area contributed by atoms with Gasteiger partial charge >= 0.3 is 0 Å². The first-order valence-corrected chi connectivity index (χ1v) is 18.6. The van der Waals surface area contributed by atoms with Gasteiger partial charge in [0.15, 0.2) is 0 Å². The average Bonchev–Trinajstić information content (AvgIpc) is 3.76. The van der Waals surface area contributed by atoms with Gasteiger partial charge in [-0.1, -0.05) is 140 Å². The van der Waals surface area contributed by atoms with Crippen molar-refractivity contribution in [3.8, 4) is 44.8 Å². The van der Waals surface area contributed by atoms with E-state index in [9.17, 15) is 0 Å². The summed E-state index contributed by atoms with van der Waals surface area (Å²) >= 11 is 0. The van der Waals surface area contributed by atoms with Gasteiger partial charge < -0.3 is 9.13 Å². The van der Waals surface area contributed by atoms with Gasteiger partial charge in [0.1, 0.15) is 0 Å². The number of rotatable bonds is 5. The van der Waals surface area contributed by atoms with E-state index in [0.29, 0.717) is 0 Å². The average molecular weight is 687 g/mol. The number of aromatic nitrogens is 2. The fraction of sp³-hybridized carbons (Fsp3) is 0. The number of para-hydroxylation sites is 2. The standard InChI is InChI=1S/C52H34N2/c1-3-12-35(13-4-1)38-16-11-19-44(31-38)54-51-29-25-40(39-23-22-36-14-7-8-15-37(36)30-39)32-48(51)46-27-24-42(34-52(46)54)41-26-28-50-47(33-41)45-20-9-10-21-49(45)53(50)43-17-5-2-6-18-43/h1-34H. The third kappa shape index (κ3) is 4.88. The molecule has 2 aromatic heterocycles. The molecule has 2 heterocycles. The zero-order valence-corrected chi connectivity index (χ0v) is 29.5. The molecule has 2 nitrogen and oxygen atoms in total. The van der Waals surface area contributed by atoms with Crippen molar-refractivity contribution in [2.24, 2.45) is 0 Å². The number of benzene rings is 9. The molecule has 0 aliphatic heterocycles. The van der Waals surface area contributed by atoms with Gasteiger partial charge in [-0.2, -0.15) is 0 Å². The predicted molar refractivity (Wildman–Crippen MR) is 229 cm³/mol. The Morgan fingerprint density at radius 2 is 0.722 bits per heavy atom. The van der Waals surface area contributed by atoms with Crippen molar-refractivity contribution in [3.05, 3.63) is 206 Å². The van der Waals surface area contributed by atoms with Gasteiger partial charge in [0, 0.05) is 32.9 Å². The lowest BCUT2D eigenvalue weighted by Gasteiger charge is -2.12. The predicted octanol–water partition coefficient (Wildman–Crippen LogP) is 14.0. The van der Waals surface area contributed by atoms with E-state index < -0.39 is 0 Å². The Kier molecular flexibility index (Phi) is 6.90. The maximum Gasteiger partial charge on any atom is 0.0547 e. The van der Waals surface area contributed by atoms with E-state index >= 15 is 0 Å². The van der Waals surface area contributed by atoms with Crippen LogP contribution in [-0.4, -0.2) is 9.13 Å². The molecule has 0 saturated heterocycles. The summed E-state index contributed by atoms with van der Waals surface area (Å²) in [5, 5.41) is 7.50. The molecular weight excluding hydrogens is 653 g/mol. The van der Waals surface area contributed by atoms with Crippen LogP contribution in [-0.2, 0) is 0 Å². The van der Waals surface area contributed by atoms with E-state index in [2.05, 4.69) is 215 Å². The third-order valence-corrected chi connectivity index (χ3v) is 11.1. The van der Waals surface area contributed by atoms with Crippen molar-refractivity contribution < 1.29 is 0 Å². The second-order valence-electron chi connectivity index (χ2n) is 14.2. The van der Waals surface area contributed by atoms with E-state index in [4.69, 9.17) is 0 Å². The summed E-state index contributed by atoms with van der Waals surface area (Å²) in [6, 6.07) is 75.3. The van der Waals surface area contributed by atoms with Crippen LogP contribution in [0.5, 0.6) is 0 Å². The van der Waals surface area contributed by atoms with Gasteiger partial charge in [-0.05, 0) is 111 Å². The minimum Gasteiger partial charge on any atom is -0.309 e. The van der Waals surface area contributed by atoms with Crippen LogP contribution in [0.15, 0.2) is 206 Å². The Balaban J connectivity index is 1.13. The first kappa shape index (κ1) is 30.5. The lowest BCUT2D eigenvalue weighted by molar-refractivity contribution is 1.18. The van der Waals surface area contributed by atoms with Gasteiger partial charge in [-0.25, -0.2) is 0 Å². The van der Waals surface area contributed by atoms with Crippen molar-refractivity contribution in [2.45, 2.75) is 0 Å². The van der Waals surface area contributed by atoms with E-state index in [-0.39, 0.29) is 0 Å². The van der Waals surface area contributed by atoms with Crippen LogP contribution in [0.4, 0.5) is 0 Å². The Morgan fingerprint density at radius 3 is 1.50 bits per heavy atom. The van der Waals surface area contributed by atoms with Crippen LogP contribution in [0.2, 0.25) is 0 Å². The smallest absolute Gasteiger partial charge is 0.0547 e. The van der Waals surface area contributed by atoms with Gasteiger partial charge in [-0.15, -0.1) is 0 Å². The molecule has 0 radical (unpaired) electrons. The Morgan fingerprint density at radius 1 is 0.222 bits per heavy atom. The molecule has 11 rings (SSSR count). The van der Waals surface area contributed by atoms with E-state index in [1.54, 1.807) is 0 Å². The van der Waals surface area contributed by atoms with Crippen molar-refractivity contribution in [2.75, 3.05) is 0 Å².